The van der Waals surface area contributed by atoms with Crippen LogP contribution < -0.4 is 14.8 Å². The number of hydrogen-bond donors (Lipinski definition) is 1. The molecule has 0 spiro atoms. The Morgan fingerprint density at radius 3 is 2.58 bits per heavy atom. The van der Waals surface area contributed by atoms with Crippen LogP contribution in [0.4, 0.5) is 11.4 Å². The van der Waals surface area contributed by atoms with E-state index in [1.54, 1.807) is 49.4 Å². The topological polar surface area (TPSA) is 114 Å². The molecule has 184 valence electrons. The average Bonchev–Trinajstić information content (AvgIpc) is 2.86. The van der Waals surface area contributed by atoms with Gasteiger partial charge in [-0.05, 0) is 48.4 Å². The third kappa shape index (κ3) is 6.76. The lowest BCUT2D eigenvalue weighted by molar-refractivity contribution is -0.384. The number of anilines is 1. The van der Waals surface area contributed by atoms with E-state index >= 15 is 0 Å². The fourth-order valence-electron chi connectivity index (χ4n) is 3.06. The number of carbonyl (C=O) groups excluding carboxylic acids is 1. The third-order valence-electron chi connectivity index (χ3n) is 4.74. The first-order valence-electron chi connectivity index (χ1n) is 10.4. The van der Waals surface area contributed by atoms with Gasteiger partial charge in [-0.15, -0.1) is 0 Å². The van der Waals surface area contributed by atoms with Gasteiger partial charge in [0.05, 0.1) is 27.3 Å². The van der Waals surface area contributed by atoms with Crippen LogP contribution in [0.1, 0.15) is 18.1 Å². The number of nitro benzene ring substituents is 1. The minimum Gasteiger partial charge on any atom is -0.490 e. The molecule has 0 unspecified atom stereocenters. The predicted octanol–water partition coefficient (Wildman–Crippen LogP) is 7.19. The smallest absolute Gasteiger partial charge is 0.269 e. The number of hydrogen-bond acceptors (Lipinski definition) is 6. The molecule has 1 N–H and O–H groups in total. The third-order valence-corrected chi connectivity index (χ3v) is 6.25. The van der Waals surface area contributed by atoms with E-state index in [-0.39, 0.29) is 33.6 Å². The summed E-state index contributed by atoms with van der Waals surface area (Å²) in [4.78, 5) is 23.2. The molecule has 0 atom stereocenters. The van der Waals surface area contributed by atoms with Gasteiger partial charge in [-0.3, -0.25) is 14.9 Å². The largest absolute Gasteiger partial charge is 0.490 e. The summed E-state index contributed by atoms with van der Waals surface area (Å²) in [5.41, 5.74) is 1.15. The Bertz CT molecular complexity index is 1390. The van der Waals surface area contributed by atoms with Crippen LogP contribution in [-0.2, 0) is 11.4 Å². The van der Waals surface area contributed by atoms with E-state index in [2.05, 4.69) is 21.2 Å². The highest BCUT2D eigenvalue weighted by Gasteiger charge is 2.16. The molecule has 0 fully saturated rings. The maximum Gasteiger partial charge on any atom is 0.269 e. The van der Waals surface area contributed by atoms with Crippen molar-refractivity contribution >= 4 is 62.5 Å². The van der Waals surface area contributed by atoms with Gasteiger partial charge >= 0.3 is 0 Å². The number of benzene rings is 3. The van der Waals surface area contributed by atoms with E-state index in [4.69, 9.17) is 32.7 Å². The number of amides is 1. The summed E-state index contributed by atoms with van der Waals surface area (Å²) in [6.07, 6.45) is 1.39. The zero-order valence-corrected chi connectivity index (χ0v) is 21.9. The summed E-state index contributed by atoms with van der Waals surface area (Å²) in [5, 5.41) is 23.6. The van der Waals surface area contributed by atoms with Gasteiger partial charge in [-0.25, -0.2) is 0 Å². The molecule has 36 heavy (non-hydrogen) atoms. The molecule has 0 aliphatic rings. The summed E-state index contributed by atoms with van der Waals surface area (Å²) in [5.74, 6) is 0.0755. The Balaban J connectivity index is 1.86. The Labute approximate surface area is 225 Å². The molecular weight excluding hydrogens is 573 g/mol. The molecule has 0 heterocycles. The number of ether oxygens (including phenoxy) is 2. The van der Waals surface area contributed by atoms with Gasteiger partial charge < -0.3 is 14.8 Å². The second kappa shape index (κ2) is 12.4. The van der Waals surface area contributed by atoms with Crippen molar-refractivity contribution in [3.8, 4) is 17.6 Å². The van der Waals surface area contributed by atoms with Crippen LogP contribution in [0.3, 0.4) is 0 Å². The van der Waals surface area contributed by atoms with Gasteiger partial charge in [0.2, 0.25) is 0 Å². The molecule has 3 aromatic carbocycles. The summed E-state index contributed by atoms with van der Waals surface area (Å²) < 4.78 is 12.1. The Morgan fingerprint density at radius 2 is 1.89 bits per heavy atom. The van der Waals surface area contributed by atoms with E-state index in [1.165, 1.54) is 18.2 Å². The van der Waals surface area contributed by atoms with Crippen molar-refractivity contribution < 1.29 is 19.2 Å². The van der Waals surface area contributed by atoms with Gasteiger partial charge in [0.15, 0.2) is 11.5 Å². The molecule has 0 bridgehead atoms. The maximum atomic E-state index is 12.7. The summed E-state index contributed by atoms with van der Waals surface area (Å²) in [6, 6.07) is 16.0. The zero-order chi connectivity index (χ0) is 26.2. The van der Waals surface area contributed by atoms with Crippen molar-refractivity contribution in [2.45, 2.75) is 13.5 Å². The van der Waals surface area contributed by atoms with Gasteiger partial charge in [0.25, 0.3) is 11.6 Å². The van der Waals surface area contributed by atoms with Crippen LogP contribution in [0.25, 0.3) is 6.08 Å². The minimum atomic E-state index is -0.669. The van der Waals surface area contributed by atoms with Crippen molar-refractivity contribution in [2.75, 3.05) is 11.9 Å². The summed E-state index contributed by atoms with van der Waals surface area (Å²) >= 11 is 15.5. The number of rotatable bonds is 9. The first kappa shape index (κ1) is 27.0. The lowest BCUT2D eigenvalue weighted by Crippen LogP contribution is -2.13. The highest BCUT2D eigenvalue weighted by Crippen LogP contribution is 2.36. The fraction of sp³-hybridized carbons (Fsp3) is 0.120. The highest BCUT2D eigenvalue weighted by atomic mass is 79.9. The monoisotopic (exact) mass is 589 g/mol. The first-order chi connectivity index (χ1) is 17.2. The molecule has 0 radical (unpaired) electrons. The molecule has 3 rings (SSSR count). The van der Waals surface area contributed by atoms with E-state index in [9.17, 15) is 20.2 Å². The molecule has 0 aromatic heterocycles. The molecule has 0 saturated carbocycles. The van der Waals surface area contributed by atoms with Crippen molar-refractivity contribution in [2.24, 2.45) is 0 Å². The van der Waals surface area contributed by atoms with Crippen LogP contribution in [0.5, 0.6) is 11.5 Å². The molecule has 1 amide bonds. The number of carbonyl (C=O) groups is 1. The van der Waals surface area contributed by atoms with Gasteiger partial charge in [0, 0.05) is 16.6 Å². The average molecular weight is 591 g/mol. The van der Waals surface area contributed by atoms with E-state index in [1.807, 2.05) is 6.07 Å². The molecule has 0 saturated heterocycles. The summed E-state index contributed by atoms with van der Waals surface area (Å²) in [7, 11) is 0. The number of halogens is 3. The fourth-order valence-corrected chi connectivity index (χ4v) is 3.84. The van der Waals surface area contributed by atoms with Crippen LogP contribution in [0.15, 0.2) is 64.6 Å². The van der Waals surface area contributed by atoms with Gasteiger partial charge in [-0.2, -0.15) is 5.26 Å². The Morgan fingerprint density at radius 1 is 1.17 bits per heavy atom. The number of nitrogens with zero attached hydrogens (tertiary/aromatic N) is 2. The van der Waals surface area contributed by atoms with Crippen LogP contribution in [-0.4, -0.2) is 17.4 Å². The molecule has 8 nitrogen and oxygen atoms in total. The number of nitro groups is 1. The first-order valence-corrected chi connectivity index (χ1v) is 12.0. The van der Waals surface area contributed by atoms with Gasteiger partial charge in [0.1, 0.15) is 18.2 Å². The van der Waals surface area contributed by atoms with Crippen molar-refractivity contribution in [1.82, 2.24) is 0 Å². The molecule has 3 aromatic rings. The SMILES string of the molecule is CCOc1cc(/C=C(/C#N)C(=O)Nc2cccc(Cl)c2Cl)c(Br)cc1OCc1cccc([N+](=O)[O-])c1. The van der Waals surface area contributed by atoms with Crippen LogP contribution in [0, 0.1) is 21.4 Å². The van der Waals surface area contributed by atoms with E-state index in [0.29, 0.717) is 33.7 Å². The molecular formula is C25H18BrCl2N3O5. The van der Waals surface area contributed by atoms with Crippen LogP contribution >= 0.6 is 39.1 Å². The normalized spacial score (nSPS) is 10.9. The minimum absolute atomic E-state index is 0.0378. The van der Waals surface area contributed by atoms with Crippen molar-refractivity contribution in [3.63, 3.8) is 0 Å². The second-order valence-electron chi connectivity index (χ2n) is 7.19. The number of nitriles is 1. The second-order valence-corrected chi connectivity index (χ2v) is 8.83. The zero-order valence-electron chi connectivity index (χ0n) is 18.8. The highest BCUT2D eigenvalue weighted by molar-refractivity contribution is 9.10. The molecule has 0 aliphatic carbocycles. The maximum absolute atomic E-state index is 12.7. The molecule has 11 heteroatoms. The lowest BCUT2D eigenvalue weighted by Gasteiger charge is -2.14. The molecule has 0 aliphatic heterocycles. The van der Waals surface area contributed by atoms with E-state index in [0.717, 1.165) is 0 Å². The van der Waals surface area contributed by atoms with Crippen molar-refractivity contribution in [1.29, 1.82) is 5.26 Å². The van der Waals surface area contributed by atoms with E-state index < -0.39 is 10.8 Å². The quantitative estimate of drug-likeness (QED) is 0.122. The Kier molecular flexibility index (Phi) is 9.31. The van der Waals surface area contributed by atoms with Crippen LogP contribution in [0.2, 0.25) is 10.0 Å². The predicted molar refractivity (Wildman–Crippen MR) is 141 cm³/mol. The Hall–Kier alpha value is -3.58. The van der Waals surface area contributed by atoms with Crippen molar-refractivity contribution in [3.05, 3.63) is 95.9 Å². The standard InChI is InChI=1S/C25H18BrCl2N3O5/c1-2-35-22-11-16(10-17(13-29)25(32)30-21-8-4-7-20(27)24(21)28)19(26)12-23(22)36-14-15-5-3-6-18(9-15)31(33)34/h3-12H,2,14H2,1H3,(H,30,32)/b17-10-. The number of nitrogens with one attached hydrogen (secondary N) is 1. The summed E-state index contributed by atoms with van der Waals surface area (Å²) in [6.45, 7) is 2.19. The lowest BCUT2D eigenvalue weighted by atomic mass is 10.1. The van der Waals surface area contributed by atoms with Gasteiger partial charge in [-0.1, -0.05) is 57.3 Å². The number of non-ortho nitro benzene ring substituents is 1.